The van der Waals surface area contributed by atoms with Gasteiger partial charge in [0.1, 0.15) is 24.0 Å². The number of alkyl halides is 3. The average molecular weight is 536 g/mol. The van der Waals surface area contributed by atoms with Crippen LogP contribution in [0.1, 0.15) is 39.6 Å². The maximum atomic E-state index is 13.1. The molecule has 3 heterocycles. The Kier molecular flexibility index (Phi) is 7.73. The van der Waals surface area contributed by atoms with Crippen LogP contribution in [-0.4, -0.2) is 64.6 Å². The number of carbonyl (C=O) groups excluding carboxylic acids is 2. The largest absolute Gasteiger partial charge is 0.491 e. The molecule has 2 amide bonds. The fourth-order valence-electron chi connectivity index (χ4n) is 3.55. The summed E-state index contributed by atoms with van der Waals surface area (Å²) in [5, 5.41) is 3.44. The first-order valence-corrected chi connectivity index (χ1v) is 12.1. The number of hydrogen-bond acceptors (Lipinski definition) is 8. The average Bonchev–Trinajstić information content (AvgIpc) is 3.30. The van der Waals surface area contributed by atoms with E-state index in [1.807, 2.05) is 6.92 Å². The van der Waals surface area contributed by atoms with Crippen LogP contribution in [-0.2, 0) is 15.7 Å². The van der Waals surface area contributed by atoms with Crippen molar-refractivity contribution in [2.24, 2.45) is 0 Å². The number of thiazole rings is 1. The van der Waals surface area contributed by atoms with E-state index in [1.54, 1.807) is 43.3 Å². The van der Waals surface area contributed by atoms with Gasteiger partial charge in [-0.25, -0.2) is 15.0 Å². The van der Waals surface area contributed by atoms with Crippen LogP contribution in [0.4, 0.5) is 13.2 Å². The van der Waals surface area contributed by atoms with Crippen molar-refractivity contribution >= 4 is 23.2 Å². The summed E-state index contributed by atoms with van der Waals surface area (Å²) in [7, 11) is 1.68. The molecule has 2 atom stereocenters. The molecular weight excluding hydrogens is 511 g/mol. The van der Waals surface area contributed by atoms with Gasteiger partial charge in [-0.15, -0.1) is 11.3 Å². The third kappa shape index (κ3) is 6.41. The molecule has 1 N–H and O–H groups in total. The molecule has 9 nitrogen and oxygen atoms in total. The highest BCUT2D eigenvalue weighted by Crippen LogP contribution is 2.30. The molecule has 1 aromatic carbocycles. The number of aryl methyl sites for hydroxylation is 1. The van der Waals surface area contributed by atoms with E-state index in [1.165, 1.54) is 11.3 Å². The number of likely N-dealkylation sites (N-methyl/N-ethyl adjacent to an activating group) is 1. The molecule has 0 radical (unpaired) electrons. The zero-order chi connectivity index (χ0) is 26.7. The van der Waals surface area contributed by atoms with Crippen molar-refractivity contribution in [2.45, 2.75) is 32.1 Å². The molecule has 0 bridgehead atoms. The van der Waals surface area contributed by atoms with Crippen LogP contribution in [0.25, 0.3) is 10.6 Å². The van der Waals surface area contributed by atoms with Crippen LogP contribution < -0.4 is 10.1 Å². The van der Waals surface area contributed by atoms with Crippen LogP contribution >= 0.6 is 11.3 Å². The van der Waals surface area contributed by atoms with Gasteiger partial charge in [-0.1, -0.05) is 0 Å². The minimum Gasteiger partial charge on any atom is -0.491 e. The lowest BCUT2D eigenvalue weighted by Crippen LogP contribution is -2.49. The van der Waals surface area contributed by atoms with E-state index in [2.05, 4.69) is 20.3 Å². The third-order valence-electron chi connectivity index (χ3n) is 5.73. The summed E-state index contributed by atoms with van der Waals surface area (Å²) >= 11 is 1.45. The fourth-order valence-corrected chi connectivity index (χ4v) is 4.30. The first kappa shape index (κ1) is 26.5. The van der Waals surface area contributed by atoms with E-state index in [4.69, 9.17) is 9.47 Å². The zero-order valence-electron chi connectivity index (χ0n) is 20.2. The monoisotopic (exact) mass is 535 g/mol. The molecule has 37 heavy (non-hydrogen) atoms. The summed E-state index contributed by atoms with van der Waals surface area (Å²) in [6.45, 7) is 4.04. The maximum Gasteiger partial charge on any atom is 0.451 e. The lowest BCUT2D eigenvalue weighted by molar-refractivity contribution is -0.147. The lowest BCUT2D eigenvalue weighted by Gasteiger charge is -2.32. The van der Waals surface area contributed by atoms with Gasteiger partial charge in [0, 0.05) is 47.2 Å². The quantitative estimate of drug-likeness (QED) is 0.492. The number of halogens is 3. The normalized spacial score (nSPS) is 17.0. The molecule has 1 fully saturated rings. The minimum atomic E-state index is -4.65. The fraction of sp³-hybridized carbons (Fsp3) is 0.375. The van der Waals surface area contributed by atoms with Gasteiger partial charge in [0.2, 0.25) is 11.7 Å². The molecule has 1 aliphatic heterocycles. The number of hydrogen-bond donors (Lipinski definition) is 1. The number of aromatic nitrogens is 3. The molecule has 3 aromatic rings. The van der Waals surface area contributed by atoms with E-state index in [0.29, 0.717) is 28.5 Å². The van der Waals surface area contributed by atoms with Crippen molar-refractivity contribution in [1.82, 2.24) is 25.2 Å². The van der Waals surface area contributed by atoms with Crippen LogP contribution in [0.3, 0.4) is 0 Å². The standard InChI is InChI=1S/C24H24F3N5O4S/c1-13-7-28-22(37-13)16-4-15(5-19(6-16)36-11-18-10-35-12-20(33)32(18)3)21(34)31-14(2)17-8-29-23(30-9-17)24(25,26)27/h4-9,14,18H,10-12H2,1-3H3,(H,31,34)/t14?,18-/m1/s1. The number of nitrogens with one attached hydrogen (secondary N) is 1. The number of morpholine rings is 1. The highest BCUT2D eigenvalue weighted by Gasteiger charge is 2.34. The number of rotatable bonds is 7. The Morgan fingerprint density at radius 2 is 1.97 bits per heavy atom. The first-order valence-electron chi connectivity index (χ1n) is 11.3. The second-order valence-corrected chi connectivity index (χ2v) is 9.77. The lowest BCUT2D eigenvalue weighted by atomic mass is 10.1. The number of ether oxygens (including phenoxy) is 2. The summed E-state index contributed by atoms with van der Waals surface area (Å²) in [5.41, 5.74) is 1.24. The van der Waals surface area contributed by atoms with Crippen molar-refractivity contribution < 1.29 is 32.2 Å². The van der Waals surface area contributed by atoms with E-state index in [9.17, 15) is 22.8 Å². The van der Waals surface area contributed by atoms with Gasteiger partial charge in [0.15, 0.2) is 0 Å². The van der Waals surface area contributed by atoms with Crippen LogP contribution in [0.2, 0.25) is 0 Å². The van der Waals surface area contributed by atoms with E-state index >= 15 is 0 Å². The molecule has 1 saturated heterocycles. The van der Waals surface area contributed by atoms with Gasteiger partial charge in [-0.2, -0.15) is 13.2 Å². The van der Waals surface area contributed by atoms with Crippen molar-refractivity contribution in [3.8, 4) is 16.3 Å². The third-order valence-corrected chi connectivity index (χ3v) is 6.69. The molecule has 1 aliphatic rings. The Labute approximate surface area is 214 Å². The molecule has 0 aliphatic carbocycles. The van der Waals surface area contributed by atoms with Crippen LogP contribution in [0, 0.1) is 6.92 Å². The Morgan fingerprint density at radius 1 is 1.24 bits per heavy atom. The Hall–Kier alpha value is -3.58. The predicted molar refractivity (Wildman–Crippen MR) is 128 cm³/mol. The molecule has 2 aromatic heterocycles. The van der Waals surface area contributed by atoms with Crippen LogP contribution in [0.15, 0.2) is 36.8 Å². The van der Waals surface area contributed by atoms with Gasteiger partial charge in [0.25, 0.3) is 5.91 Å². The number of nitrogens with zero attached hydrogens (tertiary/aromatic N) is 4. The number of carbonyl (C=O) groups is 2. The summed E-state index contributed by atoms with van der Waals surface area (Å²) in [5.74, 6) is -1.47. The molecular formula is C24H24F3N5O4S. The number of amides is 2. The van der Waals surface area contributed by atoms with Gasteiger partial charge in [-0.3, -0.25) is 9.59 Å². The summed E-state index contributed by atoms with van der Waals surface area (Å²) < 4.78 is 49.5. The molecule has 0 spiro atoms. The topological polar surface area (TPSA) is 107 Å². The zero-order valence-corrected chi connectivity index (χ0v) is 21.0. The smallest absolute Gasteiger partial charge is 0.451 e. The second-order valence-electron chi connectivity index (χ2n) is 8.54. The summed E-state index contributed by atoms with van der Waals surface area (Å²) in [6, 6.07) is 4.03. The van der Waals surface area contributed by atoms with Crippen molar-refractivity contribution in [2.75, 3.05) is 26.9 Å². The second kappa shape index (κ2) is 10.8. The molecule has 13 heteroatoms. The number of benzene rings is 1. The SMILES string of the molecule is Cc1cnc(-c2cc(OC[C@H]3COCC(=O)N3C)cc(C(=O)NC(C)c3cnc(C(F)(F)F)nc3)c2)s1. The van der Waals surface area contributed by atoms with E-state index in [0.717, 1.165) is 17.3 Å². The van der Waals surface area contributed by atoms with Gasteiger partial charge in [0.05, 0.1) is 18.7 Å². The Bertz CT molecular complexity index is 1280. The van der Waals surface area contributed by atoms with Gasteiger partial charge < -0.3 is 19.7 Å². The van der Waals surface area contributed by atoms with E-state index < -0.39 is 23.9 Å². The molecule has 196 valence electrons. The van der Waals surface area contributed by atoms with Crippen molar-refractivity contribution in [3.63, 3.8) is 0 Å². The van der Waals surface area contributed by atoms with Gasteiger partial charge >= 0.3 is 6.18 Å². The molecule has 4 rings (SSSR count). The molecule has 1 unspecified atom stereocenters. The Morgan fingerprint density at radius 3 is 2.62 bits per heavy atom. The maximum absolute atomic E-state index is 13.1. The van der Waals surface area contributed by atoms with E-state index in [-0.39, 0.29) is 30.7 Å². The summed E-state index contributed by atoms with van der Waals surface area (Å²) in [4.78, 5) is 38.7. The predicted octanol–water partition coefficient (Wildman–Crippen LogP) is 3.65. The highest BCUT2D eigenvalue weighted by molar-refractivity contribution is 7.14. The highest BCUT2D eigenvalue weighted by atomic mass is 32.1. The van der Waals surface area contributed by atoms with Gasteiger partial charge in [-0.05, 0) is 32.0 Å². The van der Waals surface area contributed by atoms with Crippen molar-refractivity contribution in [3.05, 3.63) is 58.6 Å². The van der Waals surface area contributed by atoms with Crippen molar-refractivity contribution in [1.29, 1.82) is 0 Å². The molecule has 0 saturated carbocycles. The van der Waals surface area contributed by atoms with Crippen LogP contribution in [0.5, 0.6) is 5.75 Å². The minimum absolute atomic E-state index is 0.0262. The first-order chi connectivity index (χ1) is 17.5. The summed E-state index contributed by atoms with van der Waals surface area (Å²) in [6.07, 6.45) is -0.857. The Balaban J connectivity index is 1.54.